The van der Waals surface area contributed by atoms with Gasteiger partial charge < -0.3 is 10.5 Å². The van der Waals surface area contributed by atoms with Crippen LogP contribution in [0.1, 0.15) is 44.5 Å². The van der Waals surface area contributed by atoms with Crippen LogP contribution >= 0.6 is 0 Å². The topological polar surface area (TPSA) is 124 Å². The summed E-state index contributed by atoms with van der Waals surface area (Å²) in [6.07, 6.45) is 3.13. The Balaban J connectivity index is 2.03. The van der Waals surface area contributed by atoms with Gasteiger partial charge in [-0.05, 0) is 43.2 Å². The second kappa shape index (κ2) is 7.25. The highest BCUT2D eigenvalue weighted by Gasteiger charge is 2.18. The monoisotopic (exact) mass is 363 g/mol. The highest BCUT2D eigenvalue weighted by atomic mass is 16.5. The molecule has 0 saturated carbocycles. The van der Waals surface area contributed by atoms with Crippen LogP contribution in [0.25, 0.3) is 10.9 Å². The Kier molecular flexibility index (Phi) is 4.86. The van der Waals surface area contributed by atoms with E-state index in [0.717, 1.165) is 16.5 Å². The first-order chi connectivity index (χ1) is 12.9. The number of ether oxygens (including phenoxy) is 1. The first kappa shape index (κ1) is 18.1. The molecule has 8 heteroatoms. The quantitative estimate of drug-likeness (QED) is 0.691. The number of amides is 1. The van der Waals surface area contributed by atoms with Crippen molar-refractivity contribution in [2.45, 2.75) is 20.4 Å². The number of benzene rings is 1. The van der Waals surface area contributed by atoms with Gasteiger partial charge in [-0.15, -0.1) is 0 Å². The van der Waals surface area contributed by atoms with E-state index in [2.05, 4.69) is 10.1 Å². The smallest absolute Gasteiger partial charge is 0.342 e. The van der Waals surface area contributed by atoms with Crippen molar-refractivity contribution in [1.82, 2.24) is 14.8 Å². The van der Waals surface area contributed by atoms with Crippen LogP contribution in [0.3, 0.4) is 0 Å². The van der Waals surface area contributed by atoms with Gasteiger partial charge in [0.05, 0.1) is 24.2 Å². The molecule has 8 nitrogen and oxygen atoms in total. The Morgan fingerprint density at radius 1 is 1.30 bits per heavy atom. The molecule has 3 aromatic rings. The number of esters is 1. The Hall–Kier alpha value is -3.73. The molecular formula is C19H17N5O3. The highest BCUT2D eigenvalue weighted by Crippen LogP contribution is 2.21. The third-order valence-electron chi connectivity index (χ3n) is 3.95. The fraction of sp³-hybridized carbons (Fsp3) is 0.211. The Bertz CT molecular complexity index is 1090. The summed E-state index contributed by atoms with van der Waals surface area (Å²) in [7, 11) is 0. The second-order valence-electron chi connectivity index (χ2n) is 6.01. The molecule has 136 valence electrons. The maximum absolute atomic E-state index is 11.9. The number of aromatic nitrogens is 3. The van der Waals surface area contributed by atoms with E-state index in [1.54, 1.807) is 19.2 Å². The third-order valence-corrected chi connectivity index (χ3v) is 3.95. The standard InChI is InChI=1S/C19H17N5O3/c1-3-27-19(26)15-10-24(23-16(15)7-20)9-12-5-13-4-11(2)8-22-17(13)14(6-12)18(21)25/h4-6,8,10H,3,9H2,1-2H3,(H2,21,25). The summed E-state index contributed by atoms with van der Waals surface area (Å²) in [5.41, 5.74) is 8.12. The van der Waals surface area contributed by atoms with Gasteiger partial charge in [0.2, 0.25) is 0 Å². The van der Waals surface area contributed by atoms with Crippen LogP contribution in [0.2, 0.25) is 0 Å². The number of nitriles is 1. The normalized spacial score (nSPS) is 10.6. The number of carbonyl (C=O) groups excluding carboxylic acids is 2. The molecule has 0 unspecified atom stereocenters. The lowest BCUT2D eigenvalue weighted by Gasteiger charge is -2.08. The van der Waals surface area contributed by atoms with Crippen molar-refractivity contribution in [2.75, 3.05) is 6.61 Å². The number of nitrogens with two attached hydrogens (primary N) is 1. The predicted octanol–water partition coefficient (Wildman–Crippen LogP) is 1.94. The second-order valence-corrected chi connectivity index (χ2v) is 6.01. The lowest BCUT2D eigenvalue weighted by Crippen LogP contribution is -2.13. The van der Waals surface area contributed by atoms with Gasteiger partial charge in [0, 0.05) is 17.8 Å². The lowest BCUT2D eigenvalue weighted by molar-refractivity contribution is 0.0525. The fourth-order valence-corrected chi connectivity index (χ4v) is 2.83. The molecule has 2 aromatic heterocycles. The molecule has 0 radical (unpaired) electrons. The van der Waals surface area contributed by atoms with E-state index in [1.807, 2.05) is 25.1 Å². The van der Waals surface area contributed by atoms with Crippen molar-refractivity contribution in [1.29, 1.82) is 5.26 Å². The Morgan fingerprint density at radius 3 is 2.74 bits per heavy atom. The van der Waals surface area contributed by atoms with Crippen molar-refractivity contribution in [2.24, 2.45) is 5.73 Å². The molecule has 0 aliphatic carbocycles. The zero-order chi connectivity index (χ0) is 19.6. The molecule has 0 aliphatic rings. The number of hydrogen-bond donors (Lipinski definition) is 1. The number of rotatable bonds is 5. The number of nitrogens with zero attached hydrogens (tertiary/aromatic N) is 4. The van der Waals surface area contributed by atoms with Crippen LogP contribution < -0.4 is 5.73 Å². The third kappa shape index (κ3) is 3.62. The van der Waals surface area contributed by atoms with Crippen LogP contribution in [0.15, 0.2) is 30.6 Å². The number of hydrogen-bond acceptors (Lipinski definition) is 6. The summed E-state index contributed by atoms with van der Waals surface area (Å²) < 4.78 is 6.40. The number of pyridine rings is 1. The molecule has 1 amide bonds. The van der Waals surface area contributed by atoms with E-state index >= 15 is 0 Å². The molecule has 2 N–H and O–H groups in total. The molecular weight excluding hydrogens is 346 g/mol. The first-order valence-electron chi connectivity index (χ1n) is 8.26. The van der Waals surface area contributed by atoms with Crippen LogP contribution in [0.4, 0.5) is 0 Å². The zero-order valence-corrected chi connectivity index (χ0v) is 14.9. The van der Waals surface area contributed by atoms with Crippen molar-refractivity contribution in [3.05, 3.63) is 58.5 Å². The average Bonchev–Trinajstić information content (AvgIpc) is 3.03. The lowest BCUT2D eigenvalue weighted by atomic mass is 10.0. The minimum absolute atomic E-state index is 0.0122. The van der Waals surface area contributed by atoms with Gasteiger partial charge in [-0.25, -0.2) is 4.79 Å². The molecule has 0 atom stereocenters. The largest absolute Gasteiger partial charge is 0.462 e. The average molecular weight is 363 g/mol. The van der Waals surface area contributed by atoms with Crippen molar-refractivity contribution in [3.63, 3.8) is 0 Å². The number of primary amides is 1. The predicted molar refractivity (Wildman–Crippen MR) is 97.0 cm³/mol. The Labute approximate surface area is 155 Å². The first-order valence-corrected chi connectivity index (χ1v) is 8.26. The summed E-state index contributed by atoms with van der Waals surface area (Å²) in [6.45, 7) is 4.04. The van der Waals surface area contributed by atoms with Gasteiger partial charge in [-0.2, -0.15) is 10.4 Å². The highest BCUT2D eigenvalue weighted by molar-refractivity contribution is 6.05. The van der Waals surface area contributed by atoms with E-state index in [1.165, 1.54) is 10.9 Å². The molecule has 0 bridgehead atoms. The van der Waals surface area contributed by atoms with E-state index in [-0.39, 0.29) is 24.4 Å². The zero-order valence-electron chi connectivity index (χ0n) is 14.9. The molecule has 0 saturated heterocycles. The van der Waals surface area contributed by atoms with Gasteiger partial charge >= 0.3 is 5.97 Å². The van der Waals surface area contributed by atoms with Crippen LogP contribution in [0, 0.1) is 18.3 Å². The molecule has 27 heavy (non-hydrogen) atoms. The van der Waals surface area contributed by atoms with Gasteiger partial charge in [0.1, 0.15) is 11.6 Å². The number of aryl methyl sites for hydroxylation is 1. The Morgan fingerprint density at radius 2 is 2.07 bits per heavy atom. The SMILES string of the molecule is CCOC(=O)c1cn(Cc2cc(C(N)=O)c3ncc(C)cc3c2)nc1C#N. The van der Waals surface area contributed by atoms with Gasteiger partial charge in [0.25, 0.3) is 5.91 Å². The molecule has 0 fully saturated rings. The maximum atomic E-state index is 11.9. The van der Waals surface area contributed by atoms with Crippen LogP contribution in [0.5, 0.6) is 0 Å². The molecule has 3 rings (SSSR count). The maximum Gasteiger partial charge on any atom is 0.342 e. The minimum Gasteiger partial charge on any atom is -0.462 e. The van der Waals surface area contributed by atoms with Crippen LogP contribution in [-0.2, 0) is 11.3 Å². The molecule has 2 heterocycles. The van der Waals surface area contributed by atoms with E-state index in [4.69, 9.17) is 10.5 Å². The molecule has 0 spiro atoms. The van der Waals surface area contributed by atoms with Gasteiger partial charge in [0.15, 0.2) is 5.69 Å². The minimum atomic E-state index is -0.600. The van der Waals surface area contributed by atoms with E-state index < -0.39 is 11.9 Å². The number of carbonyl (C=O) groups is 2. The summed E-state index contributed by atoms with van der Waals surface area (Å²) >= 11 is 0. The van der Waals surface area contributed by atoms with Crippen LogP contribution in [-0.4, -0.2) is 33.2 Å². The summed E-state index contributed by atoms with van der Waals surface area (Å²) in [4.78, 5) is 28.1. The summed E-state index contributed by atoms with van der Waals surface area (Å²) in [5.74, 6) is -1.18. The van der Waals surface area contributed by atoms with E-state index in [9.17, 15) is 14.9 Å². The van der Waals surface area contributed by atoms with Gasteiger partial charge in [-0.1, -0.05) is 0 Å². The summed E-state index contributed by atoms with van der Waals surface area (Å²) in [5, 5.41) is 14.1. The molecule has 1 aromatic carbocycles. The van der Waals surface area contributed by atoms with Crippen molar-refractivity contribution >= 4 is 22.8 Å². The van der Waals surface area contributed by atoms with E-state index in [0.29, 0.717) is 11.1 Å². The fourth-order valence-electron chi connectivity index (χ4n) is 2.83. The summed E-state index contributed by atoms with van der Waals surface area (Å²) in [6, 6.07) is 7.32. The van der Waals surface area contributed by atoms with Crippen molar-refractivity contribution in [3.8, 4) is 6.07 Å². The molecule has 0 aliphatic heterocycles. The number of fused-ring (bicyclic) bond motifs is 1. The van der Waals surface area contributed by atoms with Gasteiger partial charge in [-0.3, -0.25) is 14.5 Å². The van der Waals surface area contributed by atoms with Crippen molar-refractivity contribution < 1.29 is 14.3 Å².